The fraction of sp³-hybridized carbons (Fsp3) is 0.500. The Morgan fingerprint density at radius 3 is 2.20 bits per heavy atom. The second-order valence-electron chi connectivity index (χ2n) is 5.12. The minimum absolute atomic E-state index is 0.444. The molecule has 1 aromatic heterocycles. The van der Waals surface area contributed by atoms with E-state index in [4.69, 9.17) is 9.57 Å². The number of nitrogens with zero attached hydrogens (tertiary/aromatic N) is 1. The highest BCUT2D eigenvalue weighted by Gasteiger charge is 2.23. The van der Waals surface area contributed by atoms with Crippen LogP contribution in [0.3, 0.4) is 0 Å². The fourth-order valence-corrected chi connectivity index (χ4v) is 1.21. The lowest BCUT2D eigenvalue weighted by Crippen LogP contribution is -2.44. The quantitative estimate of drug-likeness (QED) is 0.757. The first-order valence-corrected chi connectivity index (χ1v) is 5.91. The van der Waals surface area contributed by atoms with Crippen LogP contribution in [0, 0.1) is 0 Å². The third-order valence-electron chi connectivity index (χ3n) is 2.07. The van der Waals surface area contributed by atoms with Crippen molar-refractivity contribution in [1.29, 1.82) is 0 Å². The van der Waals surface area contributed by atoms with Crippen LogP contribution in [0.4, 0.5) is 4.79 Å². The van der Waals surface area contributed by atoms with Crippen LogP contribution in [0.25, 0.3) is 0 Å². The Morgan fingerprint density at radius 1 is 1.25 bits per heavy atom. The average molecular weight is 286 g/mol. The maximum absolute atomic E-state index is 11.7. The van der Waals surface area contributed by atoms with Crippen molar-refractivity contribution in [2.45, 2.75) is 39.3 Å². The topological polar surface area (TPSA) is 110 Å². The van der Waals surface area contributed by atoms with Crippen molar-refractivity contribution in [3.8, 4) is 11.8 Å². The van der Waals surface area contributed by atoms with E-state index in [0.29, 0.717) is 4.73 Å². The van der Waals surface area contributed by atoms with E-state index in [1.54, 1.807) is 20.8 Å². The van der Waals surface area contributed by atoms with Gasteiger partial charge in [-0.1, -0.05) is 0 Å². The monoisotopic (exact) mass is 286 g/mol. The average Bonchev–Trinajstić information content (AvgIpc) is 2.57. The smallest absolute Gasteiger partial charge is 0.408 e. The van der Waals surface area contributed by atoms with Gasteiger partial charge in [-0.2, -0.15) is 0 Å². The number of hydrogen-bond acceptors (Lipinski definition) is 6. The number of carbonyl (C=O) groups is 2. The predicted molar refractivity (Wildman–Crippen MR) is 68.2 cm³/mol. The number of rotatable bonds is 3. The SMILES string of the molecule is CC(NC(=O)OC(C)(C)C)C(=O)On1c(O)ccc1O. The first-order chi connectivity index (χ1) is 9.10. The van der Waals surface area contributed by atoms with Gasteiger partial charge >= 0.3 is 12.1 Å². The van der Waals surface area contributed by atoms with Crippen LogP contribution in [0.5, 0.6) is 11.8 Å². The minimum Gasteiger partial charge on any atom is -0.492 e. The van der Waals surface area contributed by atoms with E-state index in [-0.39, 0.29) is 0 Å². The van der Waals surface area contributed by atoms with Crippen molar-refractivity contribution in [1.82, 2.24) is 10.0 Å². The molecule has 0 aliphatic rings. The zero-order chi connectivity index (χ0) is 15.5. The molecule has 1 amide bonds. The molecule has 0 spiro atoms. The zero-order valence-corrected chi connectivity index (χ0v) is 11.7. The summed E-state index contributed by atoms with van der Waals surface area (Å²) in [6, 6.07) is 1.27. The molecule has 1 aromatic rings. The number of aromatic hydroxyl groups is 2. The van der Waals surface area contributed by atoms with Gasteiger partial charge < -0.3 is 25.1 Å². The number of carbonyl (C=O) groups excluding carboxylic acids is 2. The summed E-state index contributed by atoms with van der Waals surface area (Å²) in [6.07, 6.45) is -0.775. The fourth-order valence-electron chi connectivity index (χ4n) is 1.21. The van der Waals surface area contributed by atoms with Crippen molar-refractivity contribution < 1.29 is 29.4 Å². The Bertz CT molecular complexity index is 483. The van der Waals surface area contributed by atoms with Crippen molar-refractivity contribution in [3.63, 3.8) is 0 Å². The number of ether oxygens (including phenoxy) is 1. The molecule has 0 aromatic carbocycles. The summed E-state index contributed by atoms with van der Waals surface area (Å²) >= 11 is 0. The van der Waals surface area contributed by atoms with Gasteiger partial charge in [0.25, 0.3) is 0 Å². The number of aromatic nitrogens is 1. The third kappa shape index (κ3) is 4.38. The predicted octanol–water partition coefficient (Wildman–Crippen LogP) is 0.768. The molecule has 1 unspecified atom stereocenters. The summed E-state index contributed by atoms with van der Waals surface area (Å²) in [7, 11) is 0. The molecule has 112 valence electrons. The number of alkyl carbamates (subject to hydrolysis) is 1. The lowest BCUT2D eigenvalue weighted by molar-refractivity contribution is -0.147. The standard InChI is InChI=1S/C12H18N2O6/c1-7(13-11(18)19-12(2,3)4)10(17)20-14-8(15)5-6-9(14)16/h5-7,15-16H,1-4H3,(H,13,18). The Labute approximate surface area is 115 Å². The van der Waals surface area contributed by atoms with Gasteiger partial charge in [0.1, 0.15) is 11.6 Å². The summed E-state index contributed by atoms with van der Waals surface area (Å²) in [6.45, 7) is 6.44. The summed E-state index contributed by atoms with van der Waals surface area (Å²) in [4.78, 5) is 27.9. The molecule has 0 aliphatic carbocycles. The Balaban J connectivity index is 2.58. The van der Waals surface area contributed by atoms with Gasteiger partial charge in [-0.05, 0) is 27.7 Å². The van der Waals surface area contributed by atoms with Crippen molar-refractivity contribution in [2.75, 3.05) is 0 Å². The molecule has 0 saturated heterocycles. The molecule has 8 heteroatoms. The summed E-state index contributed by atoms with van der Waals surface area (Å²) < 4.78 is 5.52. The van der Waals surface area contributed by atoms with E-state index >= 15 is 0 Å². The second kappa shape index (κ2) is 5.72. The Kier molecular flexibility index (Phi) is 4.49. The Morgan fingerprint density at radius 2 is 1.75 bits per heavy atom. The molecule has 0 aliphatic heterocycles. The van der Waals surface area contributed by atoms with Crippen LogP contribution in [0.1, 0.15) is 27.7 Å². The van der Waals surface area contributed by atoms with E-state index < -0.39 is 35.5 Å². The van der Waals surface area contributed by atoms with Crippen molar-refractivity contribution in [2.24, 2.45) is 0 Å². The van der Waals surface area contributed by atoms with Gasteiger partial charge in [-0.15, -0.1) is 4.73 Å². The number of hydrogen-bond donors (Lipinski definition) is 3. The van der Waals surface area contributed by atoms with Crippen LogP contribution in [-0.2, 0) is 9.53 Å². The largest absolute Gasteiger partial charge is 0.492 e. The van der Waals surface area contributed by atoms with Crippen LogP contribution >= 0.6 is 0 Å². The summed E-state index contributed by atoms with van der Waals surface area (Å²) in [5.74, 6) is -1.77. The molecule has 3 N–H and O–H groups in total. The molecule has 0 fully saturated rings. The second-order valence-corrected chi connectivity index (χ2v) is 5.12. The van der Waals surface area contributed by atoms with Crippen LogP contribution in [-0.4, -0.2) is 38.6 Å². The van der Waals surface area contributed by atoms with Crippen LogP contribution in [0.15, 0.2) is 12.1 Å². The maximum Gasteiger partial charge on any atom is 0.408 e. The molecule has 0 saturated carbocycles. The maximum atomic E-state index is 11.7. The molecule has 20 heavy (non-hydrogen) atoms. The van der Waals surface area contributed by atoms with Gasteiger partial charge in [0.15, 0.2) is 0 Å². The van der Waals surface area contributed by atoms with Crippen LogP contribution in [0.2, 0.25) is 0 Å². The van der Waals surface area contributed by atoms with E-state index in [0.717, 1.165) is 12.1 Å². The summed E-state index contributed by atoms with van der Waals surface area (Å²) in [5, 5.41) is 20.9. The molecule has 1 rings (SSSR count). The highest BCUT2D eigenvalue weighted by molar-refractivity contribution is 5.81. The highest BCUT2D eigenvalue weighted by atomic mass is 16.7. The van der Waals surface area contributed by atoms with E-state index in [2.05, 4.69) is 5.32 Å². The van der Waals surface area contributed by atoms with Gasteiger partial charge in [0, 0.05) is 12.1 Å². The molecule has 1 atom stereocenters. The van der Waals surface area contributed by atoms with Gasteiger partial charge in [-0.25, -0.2) is 9.59 Å². The normalized spacial score (nSPS) is 12.6. The summed E-state index contributed by atoms with van der Waals surface area (Å²) in [5.41, 5.74) is -0.690. The molecule has 0 bridgehead atoms. The van der Waals surface area contributed by atoms with Crippen molar-refractivity contribution in [3.05, 3.63) is 12.1 Å². The third-order valence-corrected chi connectivity index (χ3v) is 2.07. The van der Waals surface area contributed by atoms with Gasteiger partial charge in [0.05, 0.1) is 0 Å². The molecular weight excluding hydrogens is 268 g/mol. The number of amides is 1. The first-order valence-electron chi connectivity index (χ1n) is 5.91. The zero-order valence-electron chi connectivity index (χ0n) is 11.7. The number of nitrogens with one attached hydrogen (secondary N) is 1. The van der Waals surface area contributed by atoms with E-state index in [1.807, 2.05) is 0 Å². The molecular formula is C12H18N2O6. The van der Waals surface area contributed by atoms with Crippen molar-refractivity contribution >= 4 is 12.1 Å². The Hall–Kier alpha value is -2.38. The minimum atomic E-state index is -1.02. The lowest BCUT2D eigenvalue weighted by atomic mass is 10.2. The molecule has 1 heterocycles. The van der Waals surface area contributed by atoms with Crippen LogP contribution < -0.4 is 10.2 Å². The molecule has 8 nitrogen and oxygen atoms in total. The highest BCUT2D eigenvalue weighted by Crippen LogP contribution is 2.18. The molecule has 0 radical (unpaired) electrons. The van der Waals surface area contributed by atoms with Gasteiger partial charge in [-0.3, -0.25) is 0 Å². The first kappa shape index (κ1) is 15.7. The lowest BCUT2D eigenvalue weighted by Gasteiger charge is -2.21. The van der Waals surface area contributed by atoms with Gasteiger partial charge in [0.2, 0.25) is 11.8 Å². The van der Waals surface area contributed by atoms with E-state index in [9.17, 15) is 19.8 Å². The van der Waals surface area contributed by atoms with E-state index in [1.165, 1.54) is 6.92 Å².